The van der Waals surface area contributed by atoms with E-state index in [1.807, 2.05) is 0 Å². The maximum absolute atomic E-state index is 12.0. The number of nitro groups is 2. The highest BCUT2D eigenvalue weighted by atomic mass is 35.5. The molecule has 0 N–H and O–H groups in total. The van der Waals surface area contributed by atoms with Crippen LogP contribution in [0.2, 0.25) is 5.02 Å². The normalized spacial score (nSPS) is 14.9. The van der Waals surface area contributed by atoms with Crippen LogP contribution in [0, 0.1) is 20.2 Å². The van der Waals surface area contributed by atoms with Gasteiger partial charge in [-0.3, -0.25) is 20.2 Å². The first-order chi connectivity index (χ1) is 12.3. The predicted molar refractivity (Wildman–Crippen MR) is 91.8 cm³/mol. The van der Waals surface area contributed by atoms with Crippen LogP contribution in [-0.2, 0) is 9.53 Å². The van der Waals surface area contributed by atoms with Crippen molar-refractivity contribution in [1.82, 2.24) is 0 Å². The maximum Gasteiger partial charge on any atom is 0.363 e. The SMILES string of the molecule is O=C1OC(c2cc([N+](=O)[O-])ccc2Cl)=N/C1=C\c1ccc([N+](=O)[O-])cc1. The fraction of sp³-hybridized carbons (Fsp3) is 0. The molecule has 0 saturated heterocycles. The minimum absolute atomic E-state index is 0.0589. The van der Waals surface area contributed by atoms with Crippen molar-refractivity contribution in [2.75, 3.05) is 0 Å². The molecular formula is C16H8ClN3O6. The van der Waals surface area contributed by atoms with Gasteiger partial charge in [-0.25, -0.2) is 9.79 Å². The number of non-ortho nitro benzene ring substituents is 2. The molecule has 0 aliphatic carbocycles. The molecule has 0 spiro atoms. The Morgan fingerprint density at radius 3 is 2.23 bits per heavy atom. The number of hydrogen-bond acceptors (Lipinski definition) is 7. The van der Waals surface area contributed by atoms with Crippen molar-refractivity contribution >= 4 is 40.9 Å². The van der Waals surface area contributed by atoms with Crippen molar-refractivity contribution in [2.24, 2.45) is 4.99 Å². The Morgan fingerprint density at radius 1 is 1.00 bits per heavy atom. The fourth-order valence-corrected chi connectivity index (χ4v) is 2.36. The predicted octanol–water partition coefficient (Wildman–Crippen LogP) is 3.50. The average Bonchev–Trinajstić information content (AvgIpc) is 2.96. The standard InChI is InChI=1S/C16H8ClN3O6/c17-13-6-5-11(20(24)25)8-12(13)15-18-14(16(21)26-15)7-9-1-3-10(4-2-9)19(22)23/h1-8H/b14-7-. The van der Waals surface area contributed by atoms with Crippen LogP contribution in [0.3, 0.4) is 0 Å². The number of nitrogens with zero attached hydrogens (tertiary/aromatic N) is 3. The number of carbonyl (C=O) groups excluding carboxylic acids is 1. The van der Waals surface area contributed by atoms with Crippen LogP contribution in [0.15, 0.2) is 53.2 Å². The van der Waals surface area contributed by atoms with Gasteiger partial charge in [0.25, 0.3) is 11.4 Å². The Hall–Kier alpha value is -3.59. The fourth-order valence-electron chi connectivity index (χ4n) is 2.17. The molecule has 10 heteroatoms. The van der Waals surface area contributed by atoms with Crippen molar-refractivity contribution in [3.05, 3.63) is 84.5 Å². The quantitative estimate of drug-likeness (QED) is 0.349. The van der Waals surface area contributed by atoms with Crippen LogP contribution in [-0.4, -0.2) is 21.7 Å². The number of esters is 1. The average molecular weight is 374 g/mol. The van der Waals surface area contributed by atoms with E-state index in [-0.39, 0.29) is 33.6 Å². The first-order valence-electron chi connectivity index (χ1n) is 7.06. The minimum Gasteiger partial charge on any atom is -0.402 e. The molecule has 2 aromatic rings. The van der Waals surface area contributed by atoms with E-state index in [0.717, 1.165) is 6.07 Å². The van der Waals surface area contributed by atoms with E-state index in [4.69, 9.17) is 16.3 Å². The van der Waals surface area contributed by atoms with Crippen LogP contribution < -0.4 is 0 Å². The third-order valence-electron chi connectivity index (χ3n) is 3.42. The number of carbonyl (C=O) groups is 1. The Balaban J connectivity index is 1.95. The lowest BCUT2D eigenvalue weighted by Gasteiger charge is -2.02. The largest absolute Gasteiger partial charge is 0.402 e. The number of benzene rings is 2. The lowest BCUT2D eigenvalue weighted by atomic mass is 10.2. The van der Waals surface area contributed by atoms with Gasteiger partial charge in [0.05, 0.1) is 20.4 Å². The summed E-state index contributed by atoms with van der Waals surface area (Å²) in [6.45, 7) is 0. The first kappa shape index (κ1) is 17.2. The molecule has 1 aliphatic rings. The van der Waals surface area contributed by atoms with E-state index in [1.165, 1.54) is 42.5 Å². The molecule has 0 bridgehead atoms. The molecule has 0 radical (unpaired) electrons. The van der Waals surface area contributed by atoms with Gasteiger partial charge in [-0.05, 0) is 29.8 Å². The molecule has 26 heavy (non-hydrogen) atoms. The van der Waals surface area contributed by atoms with Crippen molar-refractivity contribution in [3.63, 3.8) is 0 Å². The zero-order valence-corrected chi connectivity index (χ0v) is 13.5. The van der Waals surface area contributed by atoms with Crippen molar-refractivity contribution < 1.29 is 19.4 Å². The van der Waals surface area contributed by atoms with Gasteiger partial charge >= 0.3 is 5.97 Å². The number of cyclic esters (lactones) is 1. The highest BCUT2D eigenvalue weighted by molar-refractivity contribution is 6.34. The second kappa shape index (κ2) is 6.73. The summed E-state index contributed by atoms with van der Waals surface area (Å²) in [6, 6.07) is 9.16. The van der Waals surface area contributed by atoms with Gasteiger partial charge in [-0.15, -0.1) is 0 Å². The second-order valence-corrected chi connectivity index (χ2v) is 5.51. The Kier molecular flexibility index (Phi) is 4.46. The molecular weight excluding hydrogens is 366 g/mol. The smallest absolute Gasteiger partial charge is 0.363 e. The van der Waals surface area contributed by atoms with E-state index >= 15 is 0 Å². The monoisotopic (exact) mass is 373 g/mol. The van der Waals surface area contributed by atoms with Gasteiger partial charge in [0.1, 0.15) is 0 Å². The second-order valence-electron chi connectivity index (χ2n) is 5.11. The van der Waals surface area contributed by atoms with Crippen LogP contribution in [0.1, 0.15) is 11.1 Å². The van der Waals surface area contributed by atoms with Gasteiger partial charge in [-0.2, -0.15) is 0 Å². The number of ether oxygens (including phenoxy) is 1. The van der Waals surface area contributed by atoms with Crippen molar-refractivity contribution in [1.29, 1.82) is 0 Å². The molecule has 9 nitrogen and oxygen atoms in total. The molecule has 0 aromatic heterocycles. The van der Waals surface area contributed by atoms with Crippen molar-refractivity contribution in [3.8, 4) is 0 Å². The van der Waals surface area contributed by atoms with Crippen LogP contribution >= 0.6 is 11.6 Å². The molecule has 130 valence electrons. The maximum atomic E-state index is 12.0. The lowest BCUT2D eigenvalue weighted by molar-refractivity contribution is -0.385. The minimum atomic E-state index is -0.763. The van der Waals surface area contributed by atoms with E-state index in [2.05, 4.69) is 4.99 Å². The van der Waals surface area contributed by atoms with E-state index in [0.29, 0.717) is 5.56 Å². The topological polar surface area (TPSA) is 125 Å². The third-order valence-corrected chi connectivity index (χ3v) is 3.75. The number of halogens is 1. The Labute approximate surface area is 150 Å². The molecule has 0 saturated carbocycles. The molecule has 0 atom stereocenters. The molecule has 3 rings (SSSR count). The zero-order chi connectivity index (χ0) is 18.8. The summed E-state index contributed by atoms with van der Waals surface area (Å²) in [7, 11) is 0. The van der Waals surface area contributed by atoms with Crippen molar-refractivity contribution in [2.45, 2.75) is 0 Å². The molecule has 1 aliphatic heterocycles. The molecule has 0 amide bonds. The summed E-state index contributed by atoms with van der Waals surface area (Å²) in [4.78, 5) is 36.4. The lowest BCUT2D eigenvalue weighted by Crippen LogP contribution is -2.06. The summed E-state index contributed by atoms with van der Waals surface area (Å²) in [5, 5.41) is 21.7. The Morgan fingerprint density at radius 2 is 1.62 bits per heavy atom. The summed E-state index contributed by atoms with van der Waals surface area (Å²) < 4.78 is 5.04. The van der Waals surface area contributed by atoms with E-state index in [9.17, 15) is 25.0 Å². The van der Waals surface area contributed by atoms with Crippen LogP contribution in [0.25, 0.3) is 6.08 Å². The molecule has 0 fully saturated rings. The van der Waals surface area contributed by atoms with Gasteiger partial charge in [-0.1, -0.05) is 11.6 Å². The molecule has 1 heterocycles. The third kappa shape index (κ3) is 3.42. The van der Waals surface area contributed by atoms with Crippen LogP contribution in [0.5, 0.6) is 0 Å². The van der Waals surface area contributed by atoms with E-state index in [1.54, 1.807) is 0 Å². The summed E-state index contributed by atoms with van der Waals surface area (Å²) in [6.07, 6.45) is 1.38. The van der Waals surface area contributed by atoms with Gasteiger partial charge in [0.2, 0.25) is 5.90 Å². The number of rotatable bonds is 4. The van der Waals surface area contributed by atoms with Gasteiger partial charge in [0.15, 0.2) is 5.70 Å². The number of aliphatic imine (C=N–C) groups is 1. The summed E-state index contributed by atoms with van der Waals surface area (Å²) in [5.74, 6) is -0.919. The molecule has 0 unspecified atom stereocenters. The van der Waals surface area contributed by atoms with E-state index < -0.39 is 15.8 Å². The van der Waals surface area contributed by atoms with Gasteiger partial charge < -0.3 is 4.74 Å². The highest BCUT2D eigenvalue weighted by Gasteiger charge is 2.27. The van der Waals surface area contributed by atoms with Gasteiger partial charge in [0, 0.05) is 24.3 Å². The zero-order valence-electron chi connectivity index (χ0n) is 12.8. The van der Waals surface area contributed by atoms with Crippen LogP contribution in [0.4, 0.5) is 11.4 Å². The highest BCUT2D eigenvalue weighted by Crippen LogP contribution is 2.27. The number of nitro benzene ring substituents is 2. The summed E-state index contributed by atoms with van der Waals surface area (Å²) in [5.41, 5.74) is 0.236. The number of hydrogen-bond donors (Lipinski definition) is 0. The Bertz CT molecular complexity index is 998. The molecule has 2 aromatic carbocycles. The first-order valence-corrected chi connectivity index (χ1v) is 7.44. The summed E-state index contributed by atoms with van der Waals surface area (Å²) >= 11 is 6.01.